The summed E-state index contributed by atoms with van der Waals surface area (Å²) < 4.78 is 55.4. The van der Waals surface area contributed by atoms with E-state index in [-0.39, 0.29) is 5.41 Å². The number of benzene rings is 9. The second kappa shape index (κ2) is 30.3. The lowest BCUT2D eigenvalue weighted by Gasteiger charge is -2.43. The van der Waals surface area contributed by atoms with Gasteiger partial charge in [-0.2, -0.15) is 0 Å². The van der Waals surface area contributed by atoms with Crippen LogP contribution in [0.4, 0.5) is 0 Å². The highest BCUT2D eigenvalue weighted by atomic mass is 16.5. The Bertz CT molecular complexity index is 3120. The summed E-state index contributed by atoms with van der Waals surface area (Å²) >= 11 is 0. The molecule has 0 aliphatic heterocycles. The Morgan fingerprint density at radius 1 is 0.207 bits per heavy atom. The molecule has 0 radical (unpaired) electrons. The van der Waals surface area contributed by atoms with Crippen molar-refractivity contribution in [1.82, 2.24) is 0 Å². The van der Waals surface area contributed by atoms with Crippen molar-refractivity contribution in [3.8, 4) is 34.5 Å². The van der Waals surface area contributed by atoms with Crippen LogP contribution in [0.15, 0.2) is 237 Å². The molecule has 0 unspecified atom stereocenters. The lowest BCUT2D eigenvalue weighted by Crippen LogP contribution is -2.42. The maximum atomic E-state index is 7.53. The van der Waals surface area contributed by atoms with Gasteiger partial charge in [0.15, 0.2) is 0 Å². The third-order valence-corrected chi connectivity index (χ3v) is 18.1. The lowest BCUT2D eigenvalue weighted by molar-refractivity contribution is -0.101. The summed E-state index contributed by atoms with van der Waals surface area (Å²) in [6, 6.07) is 80.6. The lowest BCUT2D eigenvalue weighted by atomic mass is 9.77. The highest BCUT2D eigenvalue weighted by Crippen LogP contribution is 2.48. The average molecular weight is 1170 g/mol. The summed E-state index contributed by atoms with van der Waals surface area (Å²) in [7, 11) is 10.1. The van der Waals surface area contributed by atoms with Gasteiger partial charge in [-0.05, 0) is 160 Å². The van der Waals surface area contributed by atoms with E-state index in [0.717, 1.165) is 117 Å². The predicted molar refractivity (Wildman–Crippen MR) is 351 cm³/mol. The van der Waals surface area contributed by atoms with Crippen molar-refractivity contribution in [1.29, 1.82) is 0 Å². The summed E-state index contributed by atoms with van der Waals surface area (Å²) in [4.78, 5) is 0. The van der Waals surface area contributed by atoms with E-state index in [4.69, 9.17) is 42.6 Å². The zero-order valence-corrected chi connectivity index (χ0v) is 52.8. The Morgan fingerprint density at radius 2 is 0.368 bits per heavy atom. The van der Waals surface area contributed by atoms with Gasteiger partial charge in [-0.1, -0.05) is 198 Å². The van der Waals surface area contributed by atoms with Crippen LogP contribution in [0.25, 0.3) is 0 Å². The van der Waals surface area contributed by atoms with Gasteiger partial charge in [0.05, 0.1) is 62.5 Å². The third-order valence-electron chi connectivity index (χ3n) is 18.1. The molecular weight excluding hydrogens is 1080 g/mol. The topological polar surface area (TPSA) is 83.1 Å². The number of ether oxygens (including phenoxy) is 9. The molecule has 0 bridgehead atoms. The summed E-state index contributed by atoms with van der Waals surface area (Å²) in [5, 5.41) is 0. The van der Waals surface area contributed by atoms with E-state index in [1.165, 1.54) is 0 Å². The second-order valence-electron chi connectivity index (χ2n) is 22.1. The van der Waals surface area contributed by atoms with Gasteiger partial charge in [0.25, 0.3) is 0 Å². The number of hydrogen-bond donors (Lipinski definition) is 0. The molecule has 0 N–H and O–H groups in total. The quantitative estimate of drug-likeness (QED) is 0.0426. The van der Waals surface area contributed by atoms with Crippen molar-refractivity contribution in [2.75, 3.05) is 62.5 Å². The van der Waals surface area contributed by atoms with Gasteiger partial charge in [-0.15, -0.1) is 0 Å². The van der Waals surface area contributed by atoms with Crippen LogP contribution in [0.5, 0.6) is 34.5 Å². The monoisotopic (exact) mass is 1170 g/mol. The van der Waals surface area contributed by atoms with Gasteiger partial charge >= 0.3 is 0 Å². The summed E-state index contributed by atoms with van der Waals surface area (Å²) in [5.74, 6) is 4.77. The molecule has 0 saturated heterocycles. The van der Waals surface area contributed by atoms with Crippen LogP contribution < -0.4 is 28.4 Å². The highest BCUT2D eigenvalue weighted by molar-refractivity contribution is 5.53. The SMILES string of the molecule is CCC(CC)(CC)COC(c1ccccc1)(c1ccc(OC)cc1)c1ccc(OC)cc1.CCC(CC)(COC(c1ccccc1)(c1ccc(OC)cc1)c1ccc(OC)cc1)COC(c1ccccc1)(c1ccc(OC)cc1)c1ccc(OC)cc1. The molecule has 0 fully saturated rings. The number of rotatable bonds is 29. The van der Waals surface area contributed by atoms with E-state index in [1.54, 1.807) is 42.7 Å². The second-order valence-corrected chi connectivity index (χ2v) is 22.1. The summed E-state index contributed by atoms with van der Waals surface area (Å²) in [5.41, 5.74) is 6.32. The highest BCUT2D eigenvalue weighted by Gasteiger charge is 2.45. The van der Waals surface area contributed by atoms with Crippen molar-refractivity contribution in [2.24, 2.45) is 10.8 Å². The van der Waals surface area contributed by atoms with Gasteiger partial charge < -0.3 is 42.6 Å². The van der Waals surface area contributed by atoms with E-state index >= 15 is 0 Å². The minimum Gasteiger partial charge on any atom is -0.497 e. The number of hydrogen-bond acceptors (Lipinski definition) is 9. The zero-order valence-electron chi connectivity index (χ0n) is 52.8. The molecule has 9 rings (SSSR count). The Balaban J connectivity index is 0.000000260. The standard InChI is InChI=1S/C49H52O6.C29H36O3/c1-7-47(8-2,35-54-48(37-15-11-9-12-16-37,39-19-27-43(50-3)28-20-39)40-21-29-44(51-4)30-22-40)36-55-49(38-17-13-10-14-18-38,41-23-31-45(52-5)32-24-41)42-25-33-46(53-6)34-26-42;1-6-28(7-2,8-3)22-32-29(23-12-10-9-11-13-23,24-14-18-26(30-4)19-15-24)25-16-20-27(31-5)21-17-25/h9-34H,7-8,35-36H2,1-6H3;9-21H,6-8,22H2,1-5H3. The first-order valence-electron chi connectivity index (χ1n) is 30.4. The van der Waals surface area contributed by atoms with Crippen LogP contribution >= 0.6 is 0 Å². The molecule has 0 aliphatic carbocycles. The van der Waals surface area contributed by atoms with E-state index in [1.807, 2.05) is 91.0 Å². The van der Waals surface area contributed by atoms with Crippen LogP contribution in [0, 0.1) is 10.8 Å². The first-order valence-corrected chi connectivity index (χ1v) is 30.4. The first-order chi connectivity index (χ1) is 42.5. The molecule has 0 heterocycles. The summed E-state index contributed by atoms with van der Waals surface area (Å²) in [6.07, 6.45) is 4.87. The molecule has 0 atom stereocenters. The normalized spacial score (nSPS) is 11.9. The van der Waals surface area contributed by atoms with Crippen molar-refractivity contribution in [2.45, 2.75) is 83.5 Å². The fourth-order valence-electron chi connectivity index (χ4n) is 11.8. The molecule has 9 nitrogen and oxygen atoms in total. The van der Waals surface area contributed by atoms with E-state index in [2.05, 4.69) is 180 Å². The fourth-order valence-corrected chi connectivity index (χ4v) is 11.8. The largest absolute Gasteiger partial charge is 0.497 e. The Labute approximate surface area is 518 Å². The van der Waals surface area contributed by atoms with Gasteiger partial charge in [-0.3, -0.25) is 0 Å². The number of methoxy groups -OCH3 is 6. The van der Waals surface area contributed by atoms with E-state index in [0.29, 0.717) is 19.8 Å². The minimum absolute atomic E-state index is 0.138. The molecule has 9 heteroatoms. The molecule has 0 amide bonds. The molecule has 0 aliphatic rings. The van der Waals surface area contributed by atoms with Crippen molar-refractivity contribution >= 4 is 0 Å². The fraction of sp³-hybridized carbons (Fsp3) is 0.308. The molecule has 454 valence electrons. The molecule has 0 spiro atoms. The molecule has 9 aromatic carbocycles. The van der Waals surface area contributed by atoms with Crippen LogP contribution in [0.3, 0.4) is 0 Å². The maximum absolute atomic E-state index is 7.53. The molecule has 0 saturated carbocycles. The summed E-state index contributed by atoms with van der Waals surface area (Å²) in [6.45, 7) is 12.7. The minimum atomic E-state index is -0.960. The van der Waals surface area contributed by atoms with Crippen LogP contribution in [-0.2, 0) is 31.0 Å². The maximum Gasteiger partial charge on any atom is 0.143 e. The van der Waals surface area contributed by atoms with Crippen molar-refractivity contribution < 1.29 is 42.6 Å². The molecule has 9 aromatic rings. The van der Waals surface area contributed by atoms with Gasteiger partial charge in [0.2, 0.25) is 0 Å². The van der Waals surface area contributed by atoms with Crippen molar-refractivity contribution in [3.63, 3.8) is 0 Å². The van der Waals surface area contributed by atoms with E-state index < -0.39 is 22.2 Å². The predicted octanol–water partition coefficient (Wildman–Crippen LogP) is 18.1. The Morgan fingerprint density at radius 3 is 0.529 bits per heavy atom. The first kappa shape index (κ1) is 64.7. The average Bonchev–Trinajstić information content (AvgIpc) is 0.917. The van der Waals surface area contributed by atoms with Crippen molar-refractivity contribution in [3.05, 3.63) is 287 Å². The van der Waals surface area contributed by atoms with Crippen LogP contribution in [0.1, 0.15) is 117 Å². The molecule has 0 aromatic heterocycles. The van der Waals surface area contributed by atoms with Crippen LogP contribution in [0.2, 0.25) is 0 Å². The third kappa shape index (κ3) is 14.1. The molecule has 87 heavy (non-hydrogen) atoms. The molecular formula is C78H88O9. The Kier molecular flexibility index (Phi) is 22.5. The van der Waals surface area contributed by atoms with Gasteiger partial charge in [0.1, 0.15) is 51.3 Å². The zero-order chi connectivity index (χ0) is 61.8. The Hall–Kier alpha value is -8.34. The van der Waals surface area contributed by atoms with Gasteiger partial charge in [0, 0.05) is 5.41 Å². The van der Waals surface area contributed by atoms with Gasteiger partial charge in [-0.25, -0.2) is 0 Å². The van der Waals surface area contributed by atoms with Crippen LogP contribution in [-0.4, -0.2) is 62.5 Å². The van der Waals surface area contributed by atoms with E-state index in [9.17, 15) is 0 Å². The smallest absolute Gasteiger partial charge is 0.143 e.